The highest BCUT2D eigenvalue weighted by atomic mass is 32.2. The summed E-state index contributed by atoms with van der Waals surface area (Å²) in [6.45, 7) is 7.74. The van der Waals surface area contributed by atoms with Gasteiger partial charge >= 0.3 is 10.2 Å². The van der Waals surface area contributed by atoms with Gasteiger partial charge in [-0.15, -0.1) is 0 Å². The molecule has 2 rings (SSSR count). The van der Waals surface area contributed by atoms with Gasteiger partial charge in [-0.1, -0.05) is 32.0 Å². The molecule has 1 aromatic rings. The molecule has 0 unspecified atom stereocenters. The molecule has 1 heterocycles. The van der Waals surface area contributed by atoms with Crippen LogP contribution in [0.4, 0.5) is 5.69 Å². The van der Waals surface area contributed by atoms with Crippen LogP contribution >= 0.6 is 0 Å². The van der Waals surface area contributed by atoms with Crippen LogP contribution in [0, 0.1) is 6.92 Å². The molecule has 1 aliphatic rings. The maximum Gasteiger partial charge on any atom is 0.301 e. The number of morpholine rings is 1. The minimum Gasteiger partial charge on any atom is -0.379 e. The Bertz CT molecular complexity index is 564. The van der Waals surface area contributed by atoms with Gasteiger partial charge in [0.15, 0.2) is 0 Å². The Hall–Kier alpha value is -1.11. The number of anilines is 1. The average molecular weight is 298 g/mol. The fourth-order valence-corrected chi connectivity index (χ4v) is 3.59. The number of nitrogens with one attached hydrogen (secondary N) is 1. The molecule has 0 atom stereocenters. The Labute approximate surface area is 121 Å². The number of hydrogen-bond donors (Lipinski definition) is 1. The summed E-state index contributed by atoms with van der Waals surface area (Å²) >= 11 is 0. The predicted octanol–water partition coefficient (Wildman–Crippen LogP) is 2.11. The number of rotatable bonds is 4. The third-order valence-corrected chi connectivity index (χ3v) is 4.98. The van der Waals surface area contributed by atoms with E-state index in [0.29, 0.717) is 32.0 Å². The van der Waals surface area contributed by atoms with Crippen molar-refractivity contribution in [3.05, 3.63) is 29.3 Å². The number of benzene rings is 1. The normalized spacial score (nSPS) is 17.4. The molecule has 6 heteroatoms. The summed E-state index contributed by atoms with van der Waals surface area (Å²) < 4.78 is 34.3. The van der Waals surface area contributed by atoms with Gasteiger partial charge in [-0.05, 0) is 24.0 Å². The number of hydrogen-bond acceptors (Lipinski definition) is 3. The first kappa shape index (κ1) is 15.3. The second kappa shape index (κ2) is 6.11. The van der Waals surface area contributed by atoms with Crippen LogP contribution in [0.5, 0.6) is 0 Å². The van der Waals surface area contributed by atoms with Gasteiger partial charge in [-0.3, -0.25) is 4.72 Å². The Morgan fingerprint density at radius 1 is 1.25 bits per heavy atom. The van der Waals surface area contributed by atoms with Gasteiger partial charge < -0.3 is 4.74 Å². The molecule has 0 bridgehead atoms. The lowest BCUT2D eigenvalue weighted by Gasteiger charge is -2.27. The van der Waals surface area contributed by atoms with Crippen LogP contribution in [0.3, 0.4) is 0 Å². The van der Waals surface area contributed by atoms with Gasteiger partial charge in [0.1, 0.15) is 0 Å². The quantitative estimate of drug-likeness (QED) is 0.926. The fourth-order valence-electron chi connectivity index (χ4n) is 2.29. The molecule has 20 heavy (non-hydrogen) atoms. The third-order valence-electron chi connectivity index (χ3n) is 3.47. The van der Waals surface area contributed by atoms with Gasteiger partial charge in [0.2, 0.25) is 0 Å². The number of para-hydroxylation sites is 1. The van der Waals surface area contributed by atoms with Crippen molar-refractivity contribution in [3.8, 4) is 0 Å². The van der Waals surface area contributed by atoms with E-state index in [4.69, 9.17) is 4.74 Å². The van der Waals surface area contributed by atoms with Crippen LogP contribution in [0.15, 0.2) is 18.2 Å². The van der Waals surface area contributed by atoms with Crippen LogP contribution in [-0.4, -0.2) is 39.0 Å². The summed E-state index contributed by atoms with van der Waals surface area (Å²) in [5.41, 5.74) is 2.66. The molecule has 0 spiro atoms. The molecule has 0 aliphatic carbocycles. The summed E-state index contributed by atoms with van der Waals surface area (Å²) in [4.78, 5) is 0. The van der Waals surface area contributed by atoms with E-state index < -0.39 is 10.2 Å². The summed E-state index contributed by atoms with van der Waals surface area (Å²) in [6.07, 6.45) is 0. The van der Waals surface area contributed by atoms with Gasteiger partial charge in [-0.2, -0.15) is 12.7 Å². The second-order valence-corrected chi connectivity index (χ2v) is 6.98. The van der Waals surface area contributed by atoms with Crippen molar-refractivity contribution in [1.29, 1.82) is 0 Å². The highest BCUT2D eigenvalue weighted by Gasteiger charge is 2.25. The first-order chi connectivity index (χ1) is 9.42. The Kier molecular flexibility index (Phi) is 4.67. The van der Waals surface area contributed by atoms with Crippen LogP contribution in [-0.2, 0) is 14.9 Å². The topological polar surface area (TPSA) is 58.6 Å². The van der Waals surface area contributed by atoms with E-state index in [1.54, 1.807) is 0 Å². The molecule has 0 saturated carbocycles. The van der Waals surface area contributed by atoms with Gasteiger partial charge in [0.05, 0.1) is 18.9 Å². The molecule has 5 nitrogen and oxygen atoms in total. The SMILES string of the molecule is Cc1cccc(C(C)C)c1NS(=O)(=O)N1CCOCC1. The minimum atomic E-state index is -3.51. The minimum absolute atomic E-state index is 0.261. The van der Waals surface area contributed by atoms with E-state index in [9.17, 15) is 8.42 Å². The van der Waals surface area contributed by atoms with Gasteiger partial charge in [-0.25, -0.2) is 0 Å². The standard InChI is InChI=1S/C14H22N2O3S/c1-11(2)13-6-4-5-12(3)14(13)15-20(17,18)16-7-9-19-10-8-16/h4-6,11,15H,7-10H2,1-3H3. The highest BCUT2D eigenvalue weighted by Crippen LogP contribution is 2.28. The number of nitrogens with zero attached hydrogens (tertiary/aromatic N) is 1. The third kappa shape index (κ3) is 3.31. The molecule has 1 aromatic carbocycles. The maximum atomic E-state index is 12.4. The lowest BCUT2D eigenvalue weighted by atomic mass is 9.99. The van der Waals surface area contributed by atoms with Crippen molar-refractivity contribution in [3.63, 3.8) is 0 Å². The van der Waals surface area contributed by atoms with Gasteiger partial charge in [0, 0.05) is 13.1 Å². The average Bonchev–Trinajstić information content (AvgIpc) is 2.41. The van der Waals surface area contributed by atoms with E-state index in [2.05, 4.69) is 18.6 Å². The van der Waals surface area contributed by atoms with Crippen LogP contribution in [0.1, 0.15) is 30.9 Å². The van der Waals surface area contributed by atoms with Crippen molar-refractivity contribution in [2.24, 2.45) is 0 Å². The van der Waals surface area contributed by atoms with E-state index in [0.717, 1.165) is 11.1 Å². The Morgan fingerprint density at radius 3 is 2.50 bits per heavy atom. The van der Waals surface area contributed by atoms with Crippen molar-refractivity contribution in [1.82, 2.24) is 4.31 Å². The molecular formula is C14H22N2O3S. The zero-order valence-corrected chi connectivity index (χ0v) is 13.0. The van der Waals surface area contributed by atoms with E-state index in [-0.39, 0.29) is 5.92 Å². The smallest absolute Gasteiger partial charge is 0.301 e. The highest BCUT2D eigenvalue weighted by molar-refractivity contribution is 7.90. The first-order valence-corrected chi connectivity index (χ1v) is 8.31. The number of ether oxygens (including phenoxy) is 1. The summed E-state index contributed by atoms with van der Waals surface area (Å²) in [5.74, 6) is 0.261. The Morgan fingerprint density at radius 2 is 1.90 bits per heavy atom. The first-order valence-electron chi connectivity index (χ1n) is 6.87. The zero-order chi connectivity index (χ0) is 14.8. The predicted molar refractivity (Wildman–Crippen MR) is 80.2 cm³/mol. The van der Waals surface area contributed by atoms with E-state index >= 15 is 0 Å². The molecule has 1 N–H and O–H groups in total. The van der Waals surface area contributed by atoms with E-state index in [1.165, 1.54) is 4.31 Å². The molecule has 0 aromatic heterocycles. The molecule has 1 fully saturated rings. The lowest BCUT2D eigenvalue weighted by molar-refractivity contribution is 0.0733. The maximum absolute atomic E-state index is 12.4. The molecule has 112 valence electrons. The molecule has 0 amide bonds. The zero-order valence-electron chi connectivity index (χ0n) is 12.2. The number of aryl methyl sites for hydroxylation is 1. The summed E-state index contributed by atoms with van der Waals surface area (Å²) in [7, 11) is -3.51. The molecule has 0 radical (unpaired) electrons. The van der Waals surface area contributed by atoms with Crippen molar-refractivity contribution in [2.75, 3.05) is 31.0 Å². The summed E-state index contributed by atoms with van der Waals surface area (Å²) in [6, 6.07) is 5.84. The van der Waals surface area contributed by atoms with Crippen LogP contribution in [0.2, 0.25) is 0 Å². The fraction of sp³-hybridized carbons (Fsp3) is 0.571. The van der Waals surface area contributed by atoms with Crippen molar-refractivity contribution < 1.29 is 13.2 Å². The van der Waals surface area contributed by atoms with Crippen LogP contribution < -0.4 is 4.72 Å². The summed E-state index contributed by atoms with van der Waals surface area (Å²) in [5, 5.41) is 0. The van der Waals surface area contributed by atoms with E-state index in [1.807, 2.05) is 25.1 Å². The molecule has 1 aliphatic heterocycles. The van der Waals surface area contributed by atoms with Crippen molar-refractivity contribution >= 4 is 15.9 Å². The second-order valence-electron chi connectivity index (χ2n) is 5.31. The molecule has 1 saturated heterocycles. The lowest BCUT2D eigenvalue weighted by Crippen LogP contribution is -2.43. The van der Waals surface area contributed by atoms with Crippen LogP contribution in [0.25, 0.3) is 0 Å². The van der Waals surface area contributed by atoms with Gasteiger partial charge in [0.25, 0.3) is 0 Å². The van der Waals surface area contributed by atoms with Crippen molar-refractivity contribution in [2.45, 2.75) is 26.7 Å². The molecular weight excluding hydrogens is 276 g/mol. The monoisotopic (exact) mass is 298 g/mol. The Balaban J connectivity index is 2.29. The largest absolute Gasteiger partial charge is 0.379 e.